The Balaban J connectivity index is 2.52. The Morgan fingerprint density at radius 3 is 2.41 bits per heavy atom. The fourth-order valence-electron chi connectivity index (χ4n) is 2.82. The second kappa shape index (κ2) is 6.35. The molecule has 1 aromatic rings. The van der Waals surface area contributed by atoms with Crippen molar-refractivity contribution >= 4 is 5.78 Å². The first kappa shape index (κ1) is 16.3. The van der Waals surface area contributed by atoms with E-state index in [1.165, 1.54) is 0 Å². The number of ketones is 1. The van der Waals surface area contributed by atoms with Gasteiger partial charge >= 0.3 is 0 Å². The lowest BCUT2D eigenvalue weighted by molar-refractivity contribution is -0.114. The third-order valence-electron chi connectivity index (χ3n) is 3.64. The summed E-state index contributed by atoms with van der Waals surface area (Å²) >= 11 is 0. The number of rotatable bonds is 4. The molecule has 2 rings (SSSR count). The minimum absolute atomic E-state index is 0.00290. The number of carbonyl (C=O) groups excluding carboxylic acids is 1. The summed E-state index contributed by atoms with van der Waals surface area (Å²) in [5, 5.41) is 0. The van der Waals surface area contributed by atoms with Gasteiger partial charge in [-0.2, -0.15) is 0 Å². The lowest BCUT2D eigenvalue weighted by Crippen LogP contribution is -2.11. The van der Waals surface area contributed by atoms with Gasteiger partial charge in [0, 0.05) is 11.5 Å². The molecule has 0 N–H and O–H groups in total. The molecule has 0 saturated carbocycles. The van der Waals surface area contributed by atoms with Crippen LogP contribution in [0, 0.1) is 5.41 Å². The molecule has 2 nitrogen and oxygen atoms in total. The molecule has 0 aliphatic heterocycles. The summed E-state index contributed by atoms with van der Waals surface area (Å²) in [4.78, 5) is 12.8. The molecule has 0 amide bonds. The Morgan fingerprint density at radius 1 is 1.23 bits per heavy atom. The van der Waals surface area contributed by atoms with Crippen LogP contribution in [0.2, 0.25) is 0 Å². The fourth-order valence-corrected chi connectivity index (χ4v) is 2.82. The van der Waals surface area contributed by atoms with Crippen LogP contribution in [0.3, 0.4) is 0 Å². The van der Waals surface area contributed by atoms with Crippen molar-refractivity contribution in [2.45, 2.75) is 33.6 Å². The van der Waals surface area contributed by atoms with Crippen LogP contribution in [0.4, 0.5) is 0 Å². The van der Waals surface area contributed by atoms with Gasteiger partial charge in [-0.15, -0.1) is 0 Å². The van der Waals surface area contributed by atoms with Crippen molar-refractivity contribution in [3.63, 3.8) is 0 Å². The van der Waals surface area contributed by atoms with Crippen LogP contribution in [-0.2, 0) is 9.53 Å². The number of carbonyl (C=O) groups is 1. The SMILES string of the molecule is C=CCOC1=C(C)[C@@H](c2ccccc2)/C(=C/C(C)(C)C)C1=O. The second-order valence-electron chi connectivity index (χ2n) is 6.75. The first-order valence-electron chi connectivity index (χ1n) is 7.62. The molecule has 0 heterocycles. The molecule has 1 aliphatic carbocycles. The number of allylic oxidation sites excluding steroid dienone is 3. The zero-order chi connectivity index (χ0) is 16.3. The van der Waals surface area contributed by atoms with Crippen LogP contribution in [0.15, 0.2) is 66.0 Å². The summed E-state index contributed by atoms with van der Waals surface area (Å²) in [6.07, 6.45) is 3.73. The standard InChI is InChI=1S/C20H24O2/c1-6-12-22-19-14(2)17(15-10-8-7-9-11-15)16(18(19)21)13-20(3,4)5/h6-11,13,17H,1,12H2,2-5H3/b16-13-/t17-/m0/s1. The maximum absolute atomic E-state index is 12.8. The number of hydrogen-bond donors (Lipinski definition) is 0. The quantitative estimate of drug-likeness (QED) is 0.589. The Bertz CT molecular complexity index is 627. The molecule has 1 atom stereocenters. The minimum atomic E-state index is -0.0633. The van der Waals surface area contributed by atoms with Crippen molar-refractivity contribution in [1.82, 2.24) is 0 Å². The predicted octanol–water partition coefficient (Wildman–Crippen LogP) is 4.80. The van der Waals surface area contributed by atoms with E-state index in [4.69, 9.17) is 4.74 Å². The highest BCUT2D eigenvalue weighted by molar-refractivity contribution is 6.12. The number of Topliss-reactive ketones (excluding diaryl/α,β-unsaturated/α-hetero) is 1. The van der Waals surface area contributed by atoms with Crippen LogP contribution in [0.1, 0.15) is 39.2 Å². The van der Waals surface area contributed by atoms with Crippen molar-refractivity contribution in [3.8, 4) is 0 Å². The number of ether oxygens (including phenoxy) is 1. The predicted molar refractivity (Wildman–Crippen MR) is 90.6 cm³/mol. The molecular weight excluding hydrogens is 272 g/mol. The maximum Gasteiger partial charge on any atom is 0.224 e. The van der Waals surface area contributed by atoms with Gasteiger partial charge < -0.3 is 4.74 Å². The van der Waals surface area contributed by atoms with Crippen LogP contribution in [0.5, 0.6) is 0 Å². The van der Waals surface area contributed by atoms with Gasteiger partial charge in [-0.25, -0.2) is 0 Å². The van der Waals surface area contributed by atoms with E-state index in [1.807, 2.05) is 25.1 Å². The van der Waals surface area contributed by atoms with E-state index < -0.39 is 0 Å². The largest absolute Gasteiger partial charge is 0.485 e. The fraction of sp³-hybridized carbons (Fsp3) is 0.350. The number of hydrogen-bond acceptors (Lipinski definition) is 2. The minimum Gasteiger partial charge on any atom is -0.485 e. The van der Waals surface area contributed by atoms with Crippen LogP contribution >= 0.6 is 0 Å². The highest BCUT2D eigenvalue weighted by atomic mass is 16.5. The molecule has 0 radical (unpaired) electrons. The average molecular weight is 296 g/mol. The molecule has 0 bridgehead atoms. The van der Waals surface area contributed by atoms with E-state index in [1.54, 1.807) is 6.08 Å². The van der Waals surface area contributed by atoms with Crippen molar-refractivity contribution in [3.05, 3.63) is 71.5 Å². The van der Waals surface area contributed by atoms with Gasteiger partial charge in [-0.05, 0) is 23.5 Å². The molecule has 0 spiro atoms. The molecular formula is C20H24O2. The molecule has 0 fully saturated rings. The maximum atomic E-state index is 12.8. The first-order valence-corrected chi connectivity index (χ1v) is 7.62. The van der Waals surface area contributed by atoms with E-state index in [0.717, 1.165) is 16.7 Å². The molecule has 1 aliphatic rings. The highest BCUT2D eigenvalue weighted by Crippen LogP contribution is 2.43. The summed E-state index contributed by atoms with van der Waals surface area (Å²) in [5.41, 5.74) is 2.86. The highest BCUT2D eigenvalue weighted by Gasteiger charge is 2.37. The van der Waals surface area contributed by atoms with E-state index in [2.05, 4.69) is 45.6 Å². The van der Waals surface area contributed by atoms with Crippen molar-refractivity contribution in [2.24, 2.45) is 5.41 Å². The zero-order valence-corrected chi connectivity index (χ0v) is 13.8. The van der Waals surface area contributed by atoms with E-state index >= 15 is 0 Å². The third-order valence-corrected chi connectivity index (χ3v) is 3.64. The summed E-state index contributed by atoms with van der Waals surface area (Å²) in [6.45, 7) is 12.3. The van der Waals surface area contributed by atoms with Gasteiger partial charge in [0.25, 0.3) is 0 Å². The lowest BCUT2D eigenvalue weighted by Gasteiger charge is -2.19. The zero-order valence-electron chi connectivity index (χ0n) is 13.8. The molecule has 22 heavy (non-hydrogen) atoms. The van der Waals surface area contributed by atoms with Crippen molar-refractivity contribution < 1.29 is 9.53 Å². The van der Waals surface area contributed by atoms with Crippen LogP contribution in [0.25, 0.3) is 0 Å². The second-order valence-corrected chi connectivity index (χ2v) is 6.75. The smallest absolute Gasteiger partial charge is 0.224 e. The van der Waals surface area contributed by atoms with Crippen molar-refractivity contribution in [1.29, 1.82) is 0 Å². The van der Waals surface area contributed by atoms with Crippen LogP contribution in [-0.4, -0.2) is 12.4 Å². The molecule has 2 heteroatoms. The van der Waals surface area contributed by atoms with E-state index in [9.17, 15) is 4.79 Å². The summed E-state index contributed by atoms with van der Waals surface area (Å²) in [7, 11) is 0. The normalized spacial score (nSPS) is 20.6. The summed E-state index contributed by atoms with van der Waals surface area (Å²) in [5.74, 6) is 0.458. The number of benzene rings is 1. The molecule has 1 aromatic carbocycles. The van der Waals surface area contributed by atoms with Gasteiger partial charge in [-0.3, -0.25) is 4.79 Å². The first-order chi connectivity index (χ1) is 10.3. The van der Waals surface area contributed by atoms with E-state index in [-0.39, 0.29) is 17.1 Å². The Hall–Kier alpha value is -2.09. The summed E-state index contributed by atoms with van der Waals surface area (Å²) < 4.78 is 5.64. The Morgan fingerprint density at radius 2 is 1.86 bits per heavy atom. The van der Waals surface area contributed by atoms with Gasteiger partial charge in [-0.1, -0.05) is 69.8 Å². The van der Waals surface area contributed by atoms with Gasteiger partial charge in [0.05, 0.1) is 0 Å². The lowest BCUT2D eigenvalue weighted by atomic mass is 9.84. The molecule has 0 saturated heterocycles. The Labute approximate surface area is 133 Å². The van der Waals surface area contributed by atoms with Gasteiger partial charge in [0.1, 0.15) is 6.61 Å². The van der Waals surface area contributed by atoms with Gasteiger partial charge in [0.2, 0.25) is 5.78 Å². The summed E-state index contributed by atoms with van der Waals surface area (Å²) in [6, 6.07) is 10.1. The topological polar surface area (TPSA) is 26.3 Å². The average Bonchev–Trinajstić information content (AvgIpc) is 2.67. The molecule has 116 valence electrons. The third kappa shape index (κ3) is 3.38. The Kier molecular flexibility index (Phi) is 4.70. The molecule has 0 aromatic heterocycles. The van der Waals surface area contributed by atoms with E-state index in [0.29, 0.717) is 12.4 Å². The van der Waals surface area contributed by atoms with Crippen molar-refractivity contribution in [2.75, 3.05) is 6.61 Å². The van der Waals surface area contributed by atoms with Gasteiger partial charge in [0.15, 0.2) is 5.76 Å². The monoisotopic (exact) mass is 296 g/mol. The molecule has 0 unspecified atom stereocenters. The van der Waals surface area contributed by atoms with Crippen LogP contribution < -0.4 is 0 Å².